The maximum atomic E-state index is 12.1. The molecule has 0 aliphatic rings. The Balaban J connectivity index is 1.91. The van der Waals surface area contributed by atoms with Crippen LogP contribution in [0.3, 0.4) is 0 Å². The third-order valence-electron chi connectivity index (χ3n) is 3.67. The minimum atomic E-state index is -0.288. The van der Waals surface area contributed by atoms with Crippen LogP contribution in [0.15, 0.2) is 47.3 Å². The van der Waals surface area contributed by atoms with E-state index in [2.05, 4.69) is 16.5 Å². The van der Waals surface area contributed by atoms with Crippen molar-refractivity contribution in [3.8, 4) is 11.4 Å². The summed E-state index contributed by atoms with van der Waals surface area (Å²) < 4.78 is 8.42. The minimum absolute atomic E-state index is 0.288. The second kappa shape index (κ2) is 6.08. The molecule has 6 nitrogen and oxygen atoms in total. The molecule has 1 heterocycles. The van der Waals surface area contributed by atoms with Crippen LogP contribution in [-0.4, -0.2) is 19.8 Å². The van der Waals surface area contributed by atoms with Crippen molar-refractivity contribution in [2.45, 2.75) is 20.5 Å². The van der Waals surface area contributed by atoms with E-state index < -0.39 is 0 Å². The van der Waals surface area contributed by atoms with Gasteiger partial charge in [-0.15, -0.1) is 0 Å². The molecule has 3 rings (SSSR count). The Morgan fingerprint density at radius 3 is 2.61 bits per heavy atom. The first-order chi connectivity index (χ1) is 11.1. The van der Waals surface area contributed by atoms with Gasteiger partial charge in [0, 0.05) is 12.6 Å². The lowest BCUT2D eigenvalue weighted by Crippen LogP contribution is -2.23. The molecule has 23 heavy (non-hydrogen) atoms. The van der Waals surface area contributed by atoms with Crippen LogP contribution < -0.4 is 10.4 Å². The van der Waals surface area contributed by atoms with Crippen LogP contribution in [-0.2, 0) is 13.7 Å². The third kappa shape index (κ3) is 3.01. The molecule has 0 fully saturated rings. The molecule has 118 valence electrons. The average molecular weight is 310 g/mol. The molecule has 3 aromatic rings. The van der Waals surface area contributed by atoms with Gasteiger partial charge in [0.2, 0.25) is 0 Å². The van der Waals surface area contributed by atoms with Crippen LogP contribution in [0.5, 0.6) is 5.75 Å². The number of aromatic nitrogens is 4. The molecular weight excluding hydrogens is 292 g/mol. The molecule has 0 radical (unpaired) electrons. The zero-order chi connectivity index (χ0) is 16.4. The predicted octanol–water partition coefficient (Wildman–Crippen LogP) is 2.16. The highest BCUT2D eigenvalue weighted by molar-refractivity contribution is 5.41. The quantitative estimate of drug-likeness (QED) is 0.741. The minimum Gasteiger partial charge on any atom is -0.489 e. The van der Waals surface area contributed by atoms with Crippen molar-refractivity contribution in [2.24, 2.45) is 7.05 Å². The van der Waals surface area contributed by atoms with E-state index in [1.165, 1.54) is 9.36 Å². The molecule has 0 N–H and O–H groups in total. The standard InChI is InChI=1S/C17H18N4O2/c1-12-8-9-13(2)16(10-12)23-11-14-6-4-5-7-15(14)21-17(22)20(3)18-19-21/h4-10H,11H2,1-3H3. The summed E-state index contributed by atoms with van der Waals surface area (Å²) in [6.45, 7) is 4.39. The van der Waals surface area contributed by atoms with Crippen LogP contribution in [0.2, 0.25) is 0 Å². The van der Waals surface area contributed by atoms with Gasteiger partial charge in [-0.3, -0.25) is 0 Å². The summed E-state index contributed by atoms with van der Waals surface area (Å²) in [7, 11) is 1.57. The normalized spacial score (nSPS) is 10.7. The number of hydrogen-bond acceptors (Lipinski definition) is 4. The molecule has 0 bridgehead atoms. The molecule has 0 aliphatic heterocycles. The van der Waals surface area contributed by atoms with Crippen molar-refractivity contribution in [3.63, 3.8) is 0 Å². The van der Waals surface area contributed by atoms with Crippen molar-refractivity contribution >= 4 is 0 Å². The van der Waals surface area contributed by atoms with E-state index in [4.69, 9.17) is 4.74 Å². The van der Waals surface area contributed by atoms with Crippen molar-refractivity contribution in [1.29, 1.82) is 0 Å². The first-order valence-corrected chi connectivity index (χ1v) is 7.33. The Labute approximate surface area is 133 Å². The average Bonchev–Trinajstić information content (AvgIpc) is 2.88. The smallest absolute Gasteiger partial charge is 0.368 e. The van der Waals surface area contributed by atoms with Crippen LogP contribution in [0.1, 0.15) is 16.7 Å². The fourth-order valence-corrected chi connectivity index (χ4v) is 2.32. The molecular formula is C17H18N4O2. The van der Waals surface area contributed by atoms with E-state index in [1.54, 1.807) is 7.05 Å². The summed E-state index contributed by atoms with van der Waals surface area (Å²) in [5.74, 6) is 0.839. The lowest BCUT2D eigenvalue weighted by Gasteiger charge is -2.12. The van der Waals surface area contributed by atoms with E-state index in [9.17, 15) is 4.79 Å². The van der Waals surface area contributed by atoms with Crippen molar-refractivity contribution in [2.75, 3.05) is 0 Å². The van der Waals surface area contributed by atoms with E-state index >= 15 is 0 Å². The molecule has 0 unspecified atom stereocenters. The molecule has 1 aromatic heterocycles. The van der Waals surface area contributed by atoms with Crippen molar-refractivity contribution in [1.82, 2.24) is 19.8 Å². The number of para-hydroxylation sites is 1. The molecule has 0 aliphatic carbocycles. The number of tetrazole rings is 1. The predicted molar refractivity (Wildman–Crippen MR) is 86.8 cm³/mol. The van der Waals surface area contributed by atoms with Crippen LogP contribution in [0, 0.1) is 13.8 Å². The Kier molecular flexibility index (Phi) is 3.97. The molecule has 6 heteroatoms. The van der Waals surface area contributed by atoms with Gasteiger partial charge in [0.1, 0.15) is 12.4 Å². The van der Waals surface area contributed by atoms with Gasteiger partial charge in [-0.1, -0.05) is 30.3 Å². The third-order valence-corrected chi connectivity index (χ3v) is 3.67. The lowest BCUT2D eigenvalue weighted by atomic mass is 10.1. The van der Waals surface area contributed by atoms with E-state index in [-0.39, 0.29) is 5.69 Å². The largest absolute Gasteiger partial charge is 0.489 e. The lowest BCUT2D eigenvalue weighted by molar-refractivity contribution is 0.303. The first kappa shape index (κ1) is 15.0. The van der Waals surface area contributed by atoms with Crippen molar-refractivity contribution < 1.29 is 4.74 Å². The van der Waals surface area contributed by atoms with Gasteiger partial charge in [-0.05, 0) is 47.5 Å². The SMILES string of the molecule is Cc1ccc(C)c(OCc2ccccc2-n2nnn(C)c2=O)c1. The molecule has 0 atom stereocenters. The second-order valence-electron chi connectivity index (χ2n) is 5.48. The second-order valence-corrected chi connectivity index (χ2v) is 5.48. The van der Waals surface area contributed by atoms with Crippen LogP contribution >= 0.6 is 0 Å². The Morgan fingerprint density at radius 2 is 1.87 bits per heavy atom. The monoisotopic (exact) mass is 310 g/mol. The highest BCUT2D eigenvalue weighted by Gasteiger charge is 2.11. The molecule has 2 aromatic carbocycles. The van der Waals surface area contributed by atoms with Gasteiger partial charge in [0.05, 0.1) is 5.69 Å². The Hall–Kier alpha value is -2.89. The summed E-state index contributed by atoms with van der Waals surface area (Å²) in [5, 5.41) is 7.65. The van der Waals surface area contributed by atoms with Gasteiger partial charge in [0.15, 0.2) is 0 Å². The fraction of sp³-hybridized carbons (Fsp3) is 0.235. The first-order valence-electron chi connectivity index (χ1n) is 7.33. The fourth-order valence-electron chi connectivity index (χ4n) is 2.32. The molecule has 0 saturated carbocycles. The maximum Gasteiger partial charge on any atom is 0.368 e. The van der Waals surface area contributed by atoms with Gasteiger partial charge in [-0.2, -0.15) is 9.36 Å². The molecule has 0 amide bonds. The van der Waals surface area contributed by atoms with Crippen LogP contribution in [0.4, 0.5) is 0 Å². The number of benzene rings is 2. The van der Waals surface area contributed by atoms with E-state index in [0.29, 0.717) is 12.3 Å². The summed E-state index contributed by atoms with van der Waals surface area (Å²) in [4.78, 5) is 12.1. The zero-order valence-electron chi connectivity index (χ0n) is 13.4. The van der Waals surface area contributed by atoms with E-state index in [1.807, 2.05) is 50.2 Å². The van der Waals surface area contributed by atoms with Gasteiger partial charge in [-0.25, -0.2) is 4.79 Å². The number of nitrogens with zero attached hydrogens (tertiary/aromatic N) is 4. The van der Waals surface area contributed by atoms with E-state index in [0.717, 1.165) is 22.4 Å². The highest BCUT2D eigenvalue weighted by Crippen LogP contribution is 2.21. The zero-order valence-corrected chi connectivity index (χ0v) is 13.4. The van der Waals surface area contributed by atoms with Gasteiger partial charge >= 0.3 is 5.69 Å². The number of ether oxygens (including phenoxy) is 1. The Bertz CT molecular complexity index is 896. The Morgan fingerprint density at radius 1 is 1.09 bits per heavy atom. The van der Waals surface area contributed by atoms with Gasteiger partial charge in [0.25, 0.3) is 0 Å². The molecule has 0 saturated heterocycles. The maximum absolute atomic E-state index is 12.1. The highest BCUT2D eigenvalue weighted by atomic mass is 16.5. The number of rotatable bonds is 4. The summed E-state index contributed by atoms with van der Waals surface area (Å²) in [5.41, 5.74) is 3.48. The summed E-state index contributed by atoms with van der Waals surface area (Å²) in [6.07, 6.45) is 0. The van der Waals surface area contributed by atoms with Crippen LogP contribution in [0.25, 0.3) is 5.69 Å². The summed E-state index contributed by atoms with van der Waals surface area (Å²) in [6, 6.07) is 13.6. The van der Waals surface area contributed by atoms with Crippen molar-refractivity contribution in [3.05, 3.63) is 69.6 Å². The van der Waals surface area contributed by atoms with Gasteiger partial charge < -0.3 is 4.74 Å². The number of hydrogen-bond donors (Lipinski definition) is 0. The molecule has 0 spiro atoms. The summed E-state index contributed by atoms with van der Waals surface area (Å²) >= 11 is 0. The topological polar surface area (TPSA) is 61.9 Å². The number of aryl methyl sites for hydroxylation is 3.